The Morgan fingerprint density at radius 2 is 1.74 bits per heavy atom. The summed E-state index contributed by atoms with van der Waals surface area (Å²) in [6.45, 7) is -0.217. The monoisotopic (exact) mass is 445 g/mol. The quantitative estimate of drug-likeness (QED) is 0.488. The van der Waals surface area contributed by atoms with Crippen LogP contribution in [0.5, 0.6) is 17.4 Å². The van der Waals surface area contributed by atoms with Crippen molar-refractivity contribution in [1.82, 2.24) is 9.97 Å². The summed E-state index contributed by atoms with van der Waals surface area (Å²) in [4.78, 5) is 8.30. The molecule has 0 amide bonds. The lowest BCUT2D eigenvalue weighted by molar-refractivity contribution is 0.195. The van der Waals surface area contributed by atoms with Crippen molar-refractivity contribution >= 4 is 15.8 Å². The SMILES string of the molecule is COc1ccc(S(=O)(=O)Nc2ncnc(OCCO)c2Cc2ccccc2OC)cc1. The number of para-hydroxylation sites is 1. The molecular formula is C21H23N3O6S. The molecule has 31 heavy (non-hydrogen) atoms. The predicted molar refractivity (Wildman–Crippen MR) is 114 cm³/mol. The third-order valence-electron chi connectivity index (χ3n) is 4.40. The number of methoxy groups -OCH3 is 2. The molecule has 0 aliphatic carbocycles. The molecule has 0 saturated carbocycles. The third kappa shape index (κ3) is 5.41. The van der Waals surface area contributed by atoms with Crippen molar-refractivity contribution in [1.29, 1.82) is 0 Å². The molecule has 3 aromatic rings. The first-order chi connectivity index (χ1) is 15.0. The van der Waals surface area contributed by atoms with Crippen molar-refractivity contribution < 1.29 is 27.7 Å². The van der Waals surface area contributed by atoms with Gasteiger partial charge >= 0.3 is 0 Å². The van der Waals surface area contributed by atoms with Crippen molar-refractivity contribution in [2.24, 2.45) is 0 Å². The molecule has 0 bridgehead atoms. The molecule has 0 aliphatic rings. The largest absolute Gasteiger partial charge is 0.497 e. The molecule has 0 atom stereocenters. The topological polar surface area (TPSA) is 120 Å². The Hall–Kier alpha value is -3.37. The lowest BCUT2D eigenvalue weighted by Gasteiger charge is -2.16. The van der Waals surface area contributed by atoms with Gasteiger partial charge in [0, 0.05) is 6.42 Å². The van der Waals surface area contributed by atoms with Gasteiger partial charge in [-0.2, -0.15) is 0 Å². The van der Waals surface area contributed by atoms with Crippen LogP contribution >= 0.6 is 0 Å². The average molecular weight is 445 g/mol. The van der Waals surface area contributed by atoms with Crippen molar-refractivity contribution in [3.8, 4) is 17.4 Å². The summed E-state index contributed by atoms with van der Waals surface area (Å²) < 4.78 is 44.4. The number of hydrogen-bond donors (Lipinski definition) is 2. The first-order valence-electron chi connectivity index (χ1n) is 9.34. The first kappa shape index (κ1) is 22.3. The molecule has 2 aromatic carbocycles. The van der Waals surface area contributed by atoms with Crippen LogP contribution in [0.4, 0.5) is 5.82 Å². The Bertz CT molecular complexity index is 1120. The number of ether oxygens (including phenoxy) is 3. The highest BCUT2D eigenvalue weighted by atomic mass is 32.2. The number of nitrogens with one attached hydrogen (secondary N) is 1. The van der Waals surface area contributed by atoms with Crippen LogP contribution < -0.4 is 18.9 Å². The van der Waals surface area contributed by atoms with Crippen LogP contribution in [-0.2, 0) is 16.4 Å². The minimum absolute atomic E-state index is 0.000603. The Kier molecular flexibility index (Phi) is 7.27. The summed E-state index contributed by atoms with van der Waals surface area (Å²) in [5.41, 5.74) is 1.20. The minimum atomic E-state index is -3.94. The highest BCUT2D eigenvalue weighted by Gasteiger charge is 2.21. The zero-order valence-corrected chi connectivity index (χ0v) is 17.9. The van der Waals surface area contributed by atoms with Gasteiger partial charge in [-0.15, -0.1) is 0 Å². The van der Waals surface area contributed by atoms with Crippen LogP contribution in [0.1, 0.15) is 11.1 Å². The Morgan fingerprint density at radius 3 is 2.42 bits per heavy atom. The fourth-order valence-corrected chi connectivity index (χ4v) is 3.93. The Balaban J connectivity index is 2.00. The molecule has 3 rings (SSSR count). The van der Waals surface area contributed by atoms with Gasteiger partial charge in [0.25, 0.3) is 10.0 Å². The number of benzene rings is 2. The van der Waals surface area contributed by atoms with Crippen molar-refractivity contribution in [3.63, 3.8) is 0 Å². The number of anilines is 1. The van der Waals surface area contributed by atoms with E-state index in [9.17, 15) is 8.42 Å². The molecule has 0 aliphatic heterocycles. The van der Waals surface area contributed by atoms with Crippen molar-refractivity contribution in [3.05, 3.63) is 66.0 Å². The van der Waals surface area contributed by atoms with Gasteiger partial charge < -0.3 is 19.3 Å². The molecule has 9 nitrogen and oxygen atoms in total. The molecular weight excluding hydrogens is 422 g/mol. The van der Waals surface area contributed by atoms with Crippen LogP contribution in [-0.4, -0.2) is 50.9 Å². The van der Waals surface area contributed by atoms with Gasteiger partial charge in [-0.25, -0.2) is 18.4 Å². The molecule has 0 fully saturated rings. The summed E-state index contributed by atoms with van der Waals surface area (Å²) in [5, 5.41) is 9.13. The van der Waals surface area contributed by atoms with Gasteiger partial charge in [0.2, 0.25) is 5.88 Å². The summed E-state index contributed by atoms with van der Waals surface area (Å²) >= 11 is 0. The fourth-order valence-electron chi connectivity index (χ4n) is 2.89. The molecule has 1 aromatic heterocycles. The second-order valence-corrected chi connectivity index (χ2v) is 8.03. The zero-order chi connectivity index (χ0) is 22.3. The maximum Gasteiger partial charge on any atom is 0.263 e. The molecule has 0 spiro atoms. The highest BCUT2D eigenvalue weighted by Crippen LogP contribution is 2.30. The number of aliphatic hydroxyl groups excluding tert-OH is 1. The lowest BCUT2D eigenvalue weighted by Crippen LogP contribution is -2.17. The smallest absolute Gasteiger partial charge is 0.263 e. The van der Waals surface area contributed by atoms with Gasteiger partial charge in [-0.3, -0.25) is 4.72 Å². The number of hydrogen-bond acceptors (Lipinski definition) is 8. The maximum atomic E-state index is 12.9. The summed E-state index contributed by atoms with van der Waals surface area (Å²) in [6.07, 6.45) is 1.44. The lowest BCUT2D eigenvalue weighted by atomic mass is 10.1. The number of rotatable bonds is 10. The summed E-state index contributed by atoms with van der Waals surface area (Å²) in [6, 6.07) is 13.3. The second kappa shape index (κ2) is 10.1. The van der Waals surface area contributed by atoms with Crippen molar-refractivity contribution in [2.75, 3.05) is 32.2 Å². The average Bonchev–Trinajstić information content (AvgIpc) is 2.79. The molecule has 2 N–H and O–H groups in total. The van der Waals surface area contributed by atoms with Gasteiger partial charge in [0.1, 0.15) is 24.4 Å². The Morgan fingerprint density at radius 1 is 1.00 bits per heavy atom. The predicted octanol–water partition coefficient (Wildman–Crippen LogP) is 2.26. The van der Waals surface area contributed by atoms with E-state index < -0.39 is 10.0 Å². The van der Waals surface area contributed by atoms with E-state index in [1.165, 1.54) is 25.6 Å². The van der Waals surface area contributed by atoms with E-state index in [4.69, 9.17) is 19.3 Å². The van der Waals surface area contributed by atoms with Crippen LogP contribution in [0.2, 0.25) is 0 Å². The zero-order valence-electron chi connectivity index (χ0n) is 17.1. The van der Waals surface area contributed by atoms with Gasteiger partial charge in [0.15, 0.2) is 5.82 Å². The van der Waals surface area contributed by atoms with E-state index in [0.717, 1.165) is 5.56 Å². The molecule has 0 radical (unpaired) electrons. The molecule has 10 heteroatoms. The van der Waals surface area contributed by atoms with Crippen LogP contribution in [0.25, 0.3) is 0 Å². The van der Waals surface area contributed by atoms with E-state index in [0.29, 0.717) is 17.1 Å². The highest BCUT2D eigenvalue weighted by molar-refractivity contribution is 7.92. The molecule has 1 heterocycles. The number of aliphatic hydroxyl groups is 1. The van der Waals surface area contributed by atoms with Gasteiger partial charge in [0.05, 0.1) is 31.3 Å². The fraction of sp³-hybridized carbons (Fsp3) is 0.238. The van der Waals surface area contributed by atoms with E-state index >= 15 is 0 Å². The maximum absolute atomic E-state index is 12.9. The van der Waals surface area contributed by atoms with Gasteiger partial charge in [-0.05, 0) is 35.9 Å². The number of nitrogens with zero attached hydrogens (tertiary/aromatic N) is 2. The molecule has 0 saturated heterocycles. The van der Waals surface area contributed by atoms with Crippen LogP contribution in [0, 0.1) is 0 Å². The van der Waals surface area contributed by atoms with E-state index in [-0.39, 0.29) is 36.2 Å². The molecule has 164 valence electrons. The van der Waals surface area contributed by atoms with E-state index in [1.807, 2.05) is 18.2 Å². The van der Waals surface area contributed by atoms with E-state index in [1.54, 1.807) is 25.3 Å². The first-order valence-corrected chi connectivity index (χ1v) is 10.8. The molecule has 0 unspecified atom stereocenters. The van der Waals surface area contributed by atoms with Crippen LogP contribution in [0.15, 0.2) is 59.8 Å². The van der Waals surface area contributed by atoms with Gasteiger partial charge in [-0.1, -0.05) is 18.2 Å². The Labute approximate surface area is 180 Å². The summed E-state index contributed by atoms with van der Waals surface area (Å²) in [7, 11) is -0.885. The standard InChI is InChI=1S/C21H23N3O6S/c1-28-16-7-9-17(10-8-16)31(26,27)24-20-18(21(23-14-22-20)30-12-11-25)13-15-5-3-4-6-19(15)29-2/h3-10,14,25H,11-13H2,1-2H3,(H,22,23,24). The number of aromatic nitrogens is 2. The van der Waals surface area contributed by atoms with E-state index in [2.05, 4.69) is 14.7 Å². The van der Waals surface area contributed by atoms with Crippen molar-refractivity contribution in [2.45, 2.75) is 11.3 Å². The normalized spacial score (nSPS) is 11.1. The van der Waals surface area contributed by atoms with Crippen LogP contribution in [0.3, 0.4) is 0 Å². The minimum Gasteiger partial charge on any atom is -0.497 e. The third-order valence-corrected chi connectivity index (χ3v) is 5.75. The summed E-state index contributed by atoms with van der Waals surface area (Å²) in [5.74, 6) is 1.41. The number of sulfonamides is 1. The second-order valence-electron chi connectivity index (χ2n) is 6.35.